The number of ketones is 1. The molecule has 0 atom stereocenters. The van der Waals surface area contributed by atoms with E-state index in [0.29, 0.717) is 18.9 Å². The van der Waals surface area contributed by atoms with Gasteiger partial charge in [0.05, 0.1) is 12.2 Å². The summed E-state index contributed by atoms with van der Waals surface area (Å²) in [6.45, 7) is 3.57. The number of carboxylic acid groups (broad SMARTS) is 1. The van der Waals surface area contributed by atoms with E-state index in [2.05, 4.69) is 9.97 Å². The molecule has 0 fully saturated rings. The minimum absolute atomic E-state index is 0.0100. The first-order valence-corrected chi connectivity index (χ1v) is 6.77. The van der Waals surface area contributed by atoms with E-state index in [-0.39, 0.29) is 17.0 Å². The molecule has 6 nitrogen and oxygen atoms in total. The molecule has 0 saturated carbocycles. The average Bonchev–Trinajstić information content (AvgIpc) is 2.47. The van der Waals surface area contributed by atoms with E-state index in [1.807, 2.05) is 31.2 Å². The SMILES string of the molecule is CC(=O)c1cnc(CCOc2cccc(C)c2)nc1C(=O)O. The van der Waals surface area contributed by atoms with Gasteiger partial charge in [-0.05, 0) is 31.5 Å². The number of benzene rings is 1. The summed E-state index contributed by atoms with van der Waals surface area (Å²) in [4.78, 5) is 30.4. The lowest BCUT2D eigenvalue weighted by molar-refractivity contribution is 0.0685. The maximum absolute atomic E-state index is 11.3. The molecule has 1 aromatic carbocycles. The predicted molar refractivity (Wildman–Crippen MR) is 79.4 cm³/mol. The second-order valence-corrected chi connectivity index (χ2v) is 4.82. The summed E-state index contributed by atoms with van der Waals surface area (Å²) in [6, 6.07) is 7.61. The summed E-state index contributed by atoms with van der Waals surface area (Å²) in [5.41, 5.74) is 0.830. The van der Waals surface area contributed by atoms with E-state index in [0.717, 1.165) is 11.3 Å². The van der Waals surface area contributed by atoms with Crippen LogP contribution in [0, 0.1) is 6.92 Å². The fourth-order valence-corrected chi connectivity index (χ4v) is 1.92. The molecule has 22 heavy (non-hydrogen) atoms. The minimum atomic E-state index is -1.24. The Balaban J connectivity index is 2.06. The molecule has 0 saturated heterocycles. The first kappa shape index (κ1) is 15.6. The number of nitrogens with zero attached hydrogens (tertiary/aromatic N) is 2. The highest BCUT2D eigenvalue weighted by Crippen LogP contribution is 2.13. The van der Waals surface area contributed by atoms with Crippen molar-refractivity contribution in [1.29, 1.82) is 0 Å². The van der Waals surface area contributed by atoms with Crippen molar-refractivity contribution in [2.24, 2.45) is 0 Å². The van der Waals surface area contributed by atoms with Gasteiger partial charge >= 0.3 is 5.97 Å². The number of rotatable bonds is 6. The normalized spacial score (nSPS) is 10.3. The molecule has 2 rings (SSSR count). The molecular weight excluding hydrogens is 284 g/mol. The molecule has 0 amide bonds. The van der Waals surface area contributed by atoms with Gasteiger partial charge in [0.15, 0.2) is 11.5 Å². The highest BCUT2D eigenvalue weighted by molar-refractivity contribution is 6.03. The minimum Gasteiger partial charge on any atom is -0.493 e. The van der Waals surface area contributed by atoms with Crippen molar-refractivity contribution < 1.29 is 19.4 Å². The number of aromatic nitrogens is 2. The third-order valence-electron chi connectivity index (χ3n) is 3.00. The third-order valence-corrected chi connectivity index (χ3v) is 3.00. The first-order chi connectivity index (χ1) is 10.5. The molecule has 0 aliphatic heterocycles. The van der Waals surface area contributed by atoms with Crippen molar-refractivity contribution in [1.82, 2.24) is 9.97 Å². The van der Waals surface area contributed by atoms with Crippen LogP contribution in [0.2, 0.25) is 0 Å². The highest BCUT2D eigenvalue weighted by Gasteiger charge is 2.17. The van der Waals surface area contributed by atoms with Gasteiger partial charge in [0.25, 0.3) is 0 Å². The van der Waals surface area contributed by atoms with Crippen LogP contribution in [0.15, 0.2) is 30.5 Å². The van der Waals surface area contributed by atoms with Crippen LogP contribution in [-0.4, -0.2) is 33.4 Å². The summed E-state index contributed by atoms with van der Waals surface area (Å²) < 4.78 is 5.57. The van der Waals surface area contributed by atoms with E-state index < -0.39 is 5.97 Å². The summed E-state index contributed by atoms with van der Waals surface area (Å²) in [5.74, 6) is -0.553. The van der Waals surface area contributed by atoms with Crippen LogP contribution in [0.3, 0.4) is 0 Å². The largest absolute Gasteiger partial charge is 0.493 e. The molecule has 1 N–H and O–H groups in total. The number of carboxylic acids is 1. The second-order valence-electron chi connectivity index (χ2n) is 4.82. The van der Waals surface area contributed by atoms with Crippen LogP contribution in [-0.2, 0) is 6.42 Å². The van der Waals surface area contributed by atoms with Crippen LogP contribution in [0.4, 0.5) is 0 Å². The smallest absolute Gasteiger partial charge is 0.355 e. The van der Waals surface area contributed by atoms with Gasteiger partial charge < -0.3 is 9.84 Å². The van der Waals surface area contributed by atoms with E-state index in [1.54, 1.807) is 0 Å². The van der Waals surface area contributed by atoms with Crippen molar-refractivity contribution in [2.45, 2.75) is 20.3 Å². The molecule has 0 spiro atoms. The van der Waals surface area contributed by atoms with Crippen LogP contribution in [0.1, 0.15) is 39.2 Å². The second kappa shape index (κ2) is 6.80. The van der Waals surface area contributed by atoms with E-state index >= 15 is 0 Å². The van der Waals surface area contributed by atoms with Crippen LogP contribution < -0.4 is 4.74 Å². The Hall–Kier alpha value is -2.76. The van der Waals surface area contributed by atoms with Crippen LogP contribution in [0.25, 0.3) is 0 Å². The molecule has 0 radical (unpaired) electrons. The highest BCUT2D eigenvalue weighted by atomic mass is 16.5. The number of ether oxygens (including phenoxy) is 1. The number of carbonyl (C=O) groups is 2. The molecular formula is C16H16N2O4. The molecule has 1 heterocycles. The van der Waals surface area contributed by atoms with Crippen molar-refractivity contribution in [3.05, 3.63) is 53.1 Å². The predicted octanol–water partition coefficient (Wildman–Crippen LogP) is 2.31. The van der Waals surface area contributed by atoms with Gasteiger partial charge in [-0.1, -0.05) is 12.1 Å². The van der Waals surface area contributed by atoms with Crippen molar-refractivity contribution in [3.8, 4) is 5.75 Å². The third kappa shape index (κ3) is 3.88. The van der Waals surface area contributed by atoms with Gasteiger partial charge in [-0.2, -0.15) is 0 Å². The van der Waals surface area contributed by atoms with Crippen LogP contribution in [0.5, 0.6) is 5.75 Å². The van der Waals surface area contributed by atoms with E-state index in [9.17, 15) is 9.59 Å². The van der Waals surface area contributed by atoms with Gasteiger partial charge in [-0.3, -0.25) is 4.79 Å². The van der Waals surface area contributed by atoms with Gasteiger partial charge in [0.2, 0.25) is 0 Å². The number of aromatic carboxylic acids is 1. The quantitative estimate of drug-likeness (QED) is 0.823. The standard InChI is InChI=1S/C16H16N2O4/c1-10-4-3-5-12(8-10)22-7-6-14-17-9-13(11(2)19)15(18-14)16(20)21/h3-5,8-9H,6-7H2,1-2H3,(H,20,21). The molecule has 2 aromatic rings. The fourth-order valence-electron chi connectivity index (χ4n) is 1.92. The van der Waals surface area contributed by atoms with Crippen molar-refractivity contribution >= 4 is 11.8 Å². The Morgan fingerprint density at radius 2 is 2.09 bits per heavy atom. The monoisotopic (exact) mass is 300 g/mol. The molecule has 0 unspecified atom stereocenters. The number of Topliss-reactive ketones (excluding diaryl/α,β-unsaturated/α-hetero) is 1. The lowest BCUT2D eigenvalue weighted by atomic mass is 10.1. The number of aryl methyl sites for hydroxylation is 1. The van der Waals surface area contributed by atoms with Gasteiger partial charge in [0, 0.05) is 12.6 Å². The molecule has 0 bridgehead atoms. The van der Waals surface area contributed by atoms with Gasteiger partial charge in [0.1, 0.15) is 11.6 Å². The molecule has 0 aliphatic rings. The van der Waals surface area contributed by atoms with Gasteiger partial charge in [-0.15, -0.1) is 0 Å². The maximum atomic E-state index is 11.3. The fraction of sp³-hybridized carbons (Fsp3) is 0.250. The van der Waals surface area contributed by atoms with Gasteiger partial charge in [-0.25, -0.2) is 14.8 Å². The Labute approximate surface area is 127 Å². The molecule has 6 heteroatoms. The molecule has 1 aromatic heterocycles. The number of carbonyl (C=O) groups excluding carboxylic acids is 1. The zero-order valence-electron chi connectivity index (χ0n) is 12.4. The molecule has 0 aliphatic carbocycles. The number of hydrogen-bond donors (Lipinski definition) is 1. The average molecular weight is 300 g/mol. The zero-order chi connectivity index (χ0) is 16.1. The van der Waals surface area contributed by atoms with E-state index in [1.165, 1.54) is 13.1 Å². The van der Waals surface area contributed by atoms with E-state index in [4.69, 9.17) is 9.84 Å². The topological polar surface area (TPSA) is 89.4 Å². The Morgan fingerprint density at radius 1 is 1.32 bits per heavy atom. The lowest BCUT2D eigenvalue weighted by Crippen LogP contribution is -2.14. The summed E-state index contributed by atoms with van der Waals surface area (Å²) in [6.07, 6.45) is 1.60. The Morgan fingerprint density at radius 3 is 2.73 bits per heavy atom. The Kier molecular flexibility index (Phi) is 4.83. The maximum Gasteiger partial charge on any atom is 0.355 e. The first-order valence-electron chi connectivity index (χ1n) is 6.77. The van der Waals surface area contributed by atoms with Crippen LogP contribution >= 0.6 is 0 Å². The lowest BCUT2D eigenvalue weighted by Gasteiger charge is -2.07. The summed E-state index contributed by atoms with van der Waals surface area (Å²) in [7, 11) is 0. The Bertz CT molecular complexity index is 713. The zero-order valence-corrected chi connectivity index (χ0v) is 12.4. The molecule has 114 valence electrons. The van der Waals surface area contributed by atoms with Crippen molar-refractivity contribution in [3.63, 3.8) is 0 Å². The number of hydrogen-bond acceptors (Lipinski definition) is 5. The van der Waals surface area contributed by atoms with Crippen molar-refractivity contribution in [2.75, 3.05) is 6.61 Å². The summed E-state index contributed by atoms with van der Waals surface area (Å²) >= 11 is 0. The summed E-state index contributed by atoms with van der Waals surface area (Å²) in [5, 5.41) is 9.10.